The van der Waals surface area contributed by atoms with E-state index in [1.165, 1.54) is 12.8 Å². The molecule has 1 saturated heterocycles. The van der Waals surface area contributed by atoms with Gasteiger partial charge in [0.05, 0.1) is 5.69 Å². The van der Waals surface area contributed by atoms with Crippen LogP contribution >= 0.6 is 0 Å². The predicted octanol–water partition coefficient (Wildman–Crippen LogP) is 2.00. The minimum Gasteiger partial charge on any atom is -0.370 e. The fourth-order valence-corrected chi connectivity index (χ4v) is 2.92. The van der Waals surface area contributed by atoms with E-state index in [0.717, 1.165) is 42.5 Å². The largest absolute Gasteiger partial charge is 0.370 e. The SMILES string of the molecule is Cc1cc(NCC2CCCNC2)nc(-n2nc(C)cc2C)n1. The number of piperidine rings is 1. The highest BCUT2D eigenvalue weighted by Gasteiger charge is 2.14. The fourth-order valence-electron chi connectivity index (χ4n) is 2.92. The number of aryl methyl sites for hydroxylation is 3. The highest BCUT2D eigenvalue weighted by Crippen LogP contribution is 2.15. The molecular weight excluding hydrogens is 276 g/mol. The molecule has 3 rings (SSSR count). The maximum atomic E-state index is 4.62. The molecular formula is C16H24N6. The highest BCUT2D eigenvalue weighted by molar-refractivity contribution is 5.39. The molecule has 3 heterocycles. The summed E-state index contributed by atoms with van der Waals surface area (Å²) in [6.45, 7) is 9.16. The Bertz CT molecular complexity index is 642. The van der Waals surface area contributed by atoms with Crippen molar-refractivity contribution in [2.45, 2.75) is 33.6 Å². The molecule has 0 aliphatic carbocycles. The van der Waals surface area contributed by atoms with Gasteiger partial charge in [0.1, 0.15) is 5.82 Å². The first-order chi connectivity index (χ1) is 10.6. The van der Waals surface area contributed by atoms with Gasteiger partial charge >= 0.3 is 0 Å². The fraction of sp³-hybridized carbons (Fsp3) is 0.562. The number of hydrogen-bond acceptors (Lipinski definition) is 5. The molecule has 1 aliphatic heterocycles. The van der Waals surface area contributed by atoms with Crippen molar-refractivity contribution in [3.05, 3.63) is 29.2 Å². The minimum absolute atomic E-state index is 0.634. The third-order valence-electron chi connectivity index (χ3n) is 4.01. The Morgan fingerprint density at radius 2 is 2.09 bits per heavy atom. The van der Waals surface area contributed by atoms with Gasteiger partial charge in [-0.15, -0.1) is 0 Å². The molecule has 6 heteroatoms. The third-order valence-corrected chi connectivity index (χ3v) is 4.01. The van der Waals surface area contributed by atoms with Gasteiger partial charge in [-0.25, -0.2) is 9.67 Å². The Kier molecular flexibility index (Phi) is 4.38. The first-order valence-electron chi connectivity index (χ1n) is 7.96. The van der Waals surface area contributed by atoms with Gasteiger partial charge in [-0.2, -0.15) is 10.1 Å². The summed E-state index contributed by atoms with van der Waals surface area (Å²) in [6.07, 6.45) is 2.53. The summed E-state index contributed by atoms with van der Waals surface area (Å²) in [4.78, 5) is 9.13. The van der Waals surface area contributed by atoms with Crippen LogP contribution in [0.2, 0.25) is 0 Å². The van der Waals surface area contributed by atoms with Crippen LogP contribution in [-0.2, 0) is 0 Å². The van der Waals surface area contributed by atoms with Crippen LogP contribution < -0.4 is 10.6 Å². The van der Waals surface area contributed by atoms with E-state index in [2.05, 4.69) is 25.7 Å². The Morgan fingerprint density at radius 3 is 2.77 bits per heavy atom. The maximum Gasteiger partial charge on any atom is 0.252 e. The van der Waals surface area contributed by atoms with Crippen LogP contribution in [0, 0.1) is 26.7 Å². The number of rotatable bonds is 4. The average molecular weight is 300 g/mol. The summed E-state index contributed by atoms with van der Waals surface area (Å²) < 4.78 is 1.80. The normalized spacial score (nSPS) is 18.4. The van der Waals surface area contributed by atoms with E-state index in [4.69, 9.17) is 0 Å². The van der Waals surface area contributed by atoms with Gasteiger partial charge in [0.15, 0.2) is 0 Å². The Labute approximate surface area is 131 Å². The number of hydrogen-bond donors (Lipinski definition) is 2. The van der Waals surface area contributed by atoms with E-state index in [0.29, 0.717) is 11.9 Å². The van der Waals surface area contributed by atoms with E-state index >= 15 is 0 Å². The zero-order valence-electron chi connectivity index (χ0n) is 13.6. The molecule has 2 aromatic heterocycles. The van der Waals surface area contributed by atoms with Crippen molar-refractivity contribution in [3.63, 3.8) is 0 Å². The zero-order valence-corrected chi connectivity index (χ0v) is 13.6. The standard InChI is InChI=1S/C16H24N6/c1-11-8-15(18-10-14-5-4-6-17-9-14)20-16(19-11)22-13(3)7-12(2)21-22/h7-8,14,17H,4-6,9-10H2,1-3H3,(H,18,19,20). The molecule has 0 saturated carbocycles. The smallest absolute Gasteiger partial charge is 0.252 e. The van der Waals surface area contributed by atoms with Crippen molar-refractivity contribution in [3.8, 4) is 5.95 Å². The quantitative estimate of drug-likeness (QED) is 0.904. The van der Waals surface area contributed by atoms with E-state index < -0.39 is 0 Å². The van der Waals surface area contributed by atoms with Crippen LogP contribution in [0.4, 0.5) is 5.82 Å². The second kappa shape index (κ2) is 6.44. The Balaban J connectivity index is 1.76. The lowest BCUT2D eigenvalue weighted by molar-refractivity contribution is 0.392. The molecule has 0 radical (unpaired) electrons. The van der Waals surface area contributed by atoms with E-state index in [1.54, 1.807) is 4.68 Å². The maximum absolute atomic E-state index is 4.62. The van der Waals surface area contributed by atoms with Crippen molar-refractivity contribution >= 4 is 5.82 Å². The van der Waals surface area contributed by atoms with Crippen molar-refractivity contribution in [1.82, 2.24) is 25.1 Å². The molecule has 6 nitrogen and oxygen atoms in total. The molecule has 0 bridgehead atoms. The lowest BCUT2D eigenvalue weighted by Crippen LogP contribution is -2.33. The number of nitrogens with zero attached hydrogens (tertiary/aromatic N) is 4. The van der Waals surface area contributed by atoms with Crippen molar-refractivity contribution < 1.29 is 0 Å². The summed E-state index contributed by atoms with van der Waals surface area (Å²) in [5, 5.41) is 11.4. The van der Waals surface area contributed by atoms with Crippen LogP contribution in [0.25, 0.3) is 5.95 Å². The lowest BCUT2D eigenvalue weighted by Gasteiger charge is -2.23. The molecule has 118 valence electrons. The number of anilines is 1. The summed E-state index contributed by atoms with van der Waals surface area (Å²) in [7, 11) is 0. The van der Waals surface area contributed by atoms with Crippen LogP contribution in [-0.4, -0.2) is 39.4 Å². The molecule has 0 aromatic carbocycles. The molecule has 2 aromatic rings. The van der Waals surface area contributed by atoms with Gasteiger partial charge in [-0.05, 0) is 58.7 Å². The monoisotopic (exact) mass is 300 g/mol. The topological polar surface area (TPSA) is 67.7 Å². The van der Waals surface area contributed by atoms with E-state index in [9.17, 15) is 0 Å². The van der Waals surface area contributed by atoms with Crippen LogP contribution in [0.15, 0.2) is 12.1 Å². The van der Waals surface area contributed by atoms with Gasteiger partial charge in [-0.1, -0.05) is 0 Å². The summed E-state index contributed by atoms with van der Waals surface area (Å²) >= 11 is 0. The highest BCUT2D eigenvalue weighted by atomic mass is 15.4. The summed E-state index contributed by atoms with van der Waals surface area (Å²) in [5.41, 5.74) is 2.97. The minimum atomic E-state index is 0.634. The molecule has 1 aliphatic rings. The van der Waals surface area contributed by atoms with Gasteiger partial charge in [0.2, 0.25) is 0 Å². The Morgan fingerprint density at radius 1 is 1.23 bits per heavy atom. The van der Waals surface area contributed by atoms with E-state index in [-0.39, 0.29) is 0 Å². The second-order valence-electron chi connectivity index (χ2n) is 6.13. The van der Waals surface area contributed by atoms with Gasteiger partial charge < -0.3 is 10.6 Å². The zero-order chi connectivity index (χ0) is 15.5. The molecule has 2 N–H and O–H groups in total. The third kappa shape index (κ3) is 3.44. The van der Waals surface area contributed by atoms with Crippen LogP contribution in [0.5, 0.6) is 0 Å². The molecule has 1 unspecified atom stereocenters. The van der Waals surface area contributed by atoms with Gasteiger partial charge in [0, 0.05) is 24.0 Å². The van der Waals surface area contributed by atoms with E-state index in [1.807, 2.05) is 32.9 Å². The average Bonchev–Trinajstić information content (AvgIpc) is 2.84. The molecule has 1 fully saturated rings. The number of nitrogens with one attached hydrogen (secondary N) is 2. The molecule has 0 amide bonds. The first-order valence-corrected chi connectivity index (χ1v) is 7.96. The van der Waals surface area contributed by atoms with Crippen molar-refractivity contribution in [2.75, 3.05) is 25.0 Å². The van der Waals surface area contributed by atoms with Crippen LogP contribution in [0.1, 0.15) is 29.9 Å². The predicted molar refractivity (Wildman–Crippen MR) is 87.4 cm³/mol. The Hall–Kier alpha value is -1.95. The number of aromatic nitrogens is 4. The summed E-state index contributed by atoms with van der Waals surface area (Å²) in [6, 6.07) is 4.03. The molecule has 22 heavy (non-hydrogen) atoms. The van der Waals surface area contributed by atoms with Crippen LogP contribution in [0.3, 0.4) is 0 Å². The first kappa shape index (κ1) is 15.0. The second-order valence-corrected chi connectivity index (χ2v) is 6.13. The lowest BCUT2D eigenvalue weighted by atomic mass is 10.00. The summed E-state index contributed by atoms with van der Waals surface area (Å²) in [5.74, 6) is 2.18. The van der Waals surface area contributed by atoms with Gasteiger partial charge in [-0.3, -0.25) is 0 Å². The van der Waals surface area contributed by atoms with Crippen molar-refractivity contribution in [1.29, 1.82) is 0 Å². The molecule has 1 atom stereocenters. The van der Waals surface area contributed by atoms with Gasteiger partial charge in [0.25, 0.3) is 5.95 Å². The molecule has 0 spiro atoms. The van der Waals surface area contributed by atoms with Crippen molar-refractivity contribution in [2.24, 2.45) is 5.92 Å².